The number of aryl methyl sites for hydroxylation is 2. The molecular weight excluding hydrogens is 334 g/mol. The monoisotopic (exact) mass is 367 g/mol. The van der Waals surface area contributed by atoms with Crippen molar-refractivity contribution < 1.29 is 4.79 Å². The highest BCUT2D eigenvalue weighted by Gasteiger charge is 2.22. The van der Waals surface area contributed by atoms with Crippen molar-refractivity contribution in [3.05, 3.63) is 46.7 Å². The van der Waals surface area contributed by atoms with E-state index in [9.17, 15) is 10.1 Å². The molecular formula is C23H33N3O. The van der Waals surface area contributed by atoms with Crippen molar-refractivity contribution in [2.45, 2.75) is 78.3 Å². The van der Waals surface area contributed by atoms with Crippen LogP contribution in [-0.2, 0) is 17.6 Å². The number of hydrogen-bond donors (Lipinski definition) is 1. The summed E-state index contributed by atoms with van der Waals surface area (Å²) in [5.41, 5.74) is 4.00. The molecule has 0 spiro atoms. The van der Waals surface area contributed by atoms with E-state index >= 15 is 0 Å². The van der Waals surface area contributed by atoms with Crippen molar-refractivity contribution in [1.82, 2.24) is 10.2 Å². The zero-order valence-corrected chi connectivity index (χ0v) is 17.4. The first-order chi connectivity index (χ1) is 12.8. The lowest BCUT2D eigenvalue weighted by Gasteiger charge is -2.34. The summed E-state index contributed by atoms with van der Waals surface area (Å²) in [7, 11) is 0. The van der Waals surface area contributed by atoms with Crippen molar-refractivity contribution in [3.8, 4) is 6.07 Å². The Hall–Kier alpha value is -2.28. The number of benzene rings is 1. The van der Waals surface area contributed by atoms with Crippen LogP contribution in [0.2, 0.25) is 0 Å². The van der Waals surface area contributed by atoms with E-state index in [1.54, 1.807) is 6.20 Å². The largest absolute Gasteiger partial charge is 0.372 e. The number of hydrogen-bond acceptors (Lipinski definition) is 3. The van der Waals surface area contributed by atoms with Crippen LogP contribution in [0.3, 0.4) is 0 Å². The van der Waals surface area contributed by atoms with Gasteiger partial charge in [-0.1, -0.05) is 25.1 Å². The van der Waals surface area contributed by atoms with Gasteiger partial charge in [0, 0.05) is 18.3 Å². The van der Waals surface area contributed by atoms with Gasteiger partial charge in [-0.25, -0.2) is 0 Å². The summed E-state index contributed by atoms with van der Waals surface area (Å²) in [6, 6.07) is 8.57. The zero-order valence-electron chi connectivity index (χ0n) is 17.4. The van der Waals surface area contributed by atoms with Crippen molar-refractivity contribution in [2.24, 2.45) is 0 Å². The highest BCUT2D eigenvalue weighted by molar-refractivity contribution is 5.97. The van der Waals surface area contributed by atoms with Crippen LogP contribution in [0.15, 0.2) is 30.0 Å². The van der Waals surface area contributed by atoms with E-state index in [1.165, 1.54) is 24.0 Å². The quantitative estimate of drug-likeness (QED) is 0.588. The minimum atomic E-state index is -0.301. The maximum atomic E-state index is 12.8. The molecule has 0 fully saturated rings. The van der Waals surface area contributed by atoms with Crippen LogP contribution in [0.1, 0.15) is 76.6 Å². The van der Waals surface area contributed by atoms with Gasteiger partial charge in [-0.05, 0) is 76.5 Å². The molecule has 0 bridgehead atoms. The molecule has 1 aromatic carbocycles. The fourth-order valence-corrected chi connectivity index (χ4v) is 3.68. The molecule has 1 aromatic rings. The Bertz CT molecular complexity index is 737. The number of amides is 1. The predicted octanol–water partition coefficient (Wildman–Crippen LogP) is 4.66. The Kier molecular flexibility index (Phi) is 7.07. The zero-order chi connectivity index (χ0) is 20.0. The third-order valence-electron chi connectivity index (χ3n) is 5.34. The fraction of sp³-hybridized carbons (Fsp3) is 0.565. The maximum Gasteiger partial charge on any atom is 0.263 e. The third kappa shape index (κ3) is 5.35. The maximum absolute atomic E-state index is 12.8. The Morgan fingerprint density at radius 2 is 1.93 bits per heavy atom. The van der Waals surface area contributed by atoms with E-state index in [0.29, 0.717) is 0 Å². The van der Waals surface area contributed by atoms with Crippen molar-refractivity contribution in [3.63, 3.8) is 0 Å². The lowest BCUT2D eigenvalue weighted by atomic mass is 9.88. The van der Waals surface area contributed by atoms with Crippen molar-refractivity contribution in [2.75, 3.05) is 6.54 Å². The second-order valence-electron chi connectivity index (χ2n) is 8.28. The second kappa shape index (κ2) is 9.08. The van der Waals surface area contributed by atoms with E-state index in [4.69, 9.17) is 0 Å². The topological polar surface area (TPSA) is 56.1 Å². The van der Waals surface area contributed by atoms with Gasteiger partial charge in [-0.15, -0.1) is 0 Å². The highest BCUT2D eigenvalue weighted by Crippen LogP contribution is 2.26. The molecule has 27 heavy (non-hydrogen) atoms. The lowest BCUT2D eigenvalue weighted by molar-refractivity contribution is -0.118. The third-order valence-corrected chi connectivity index (χ3v) is 5.34. The average Bonchev–Trinajstić information content (AvgIpc) is 2.65. The van der Waals surface area contributed by atoms with Crippen LogP contribution < -0.4 is 5.32 Å². The number of nitrogens with one attached hydrogen (secondary N) is 1. The Balaban J connectivity index is 2.19. The smallest absolute Gasteiger partial charge is 0.263 e. The molecule has 0 aromatic heterocycles. The van der Waals surface area contributed by atoms with Crippen molar-refractivity contribution >= 4 is 5.91 Å². The molecule has 2 rings (SSSR count). The first-order valence-corrected chi connectivity index (χ1v) is 10.1. The van der Waals surface area contributed by atoms with Crippen LogP contribution in [0.5, 0.6) is 0 Å². The molecule has 0 radical (unpaired) electrons. The second-order valence-corrected chi connectivity index (χ2v) is 8.28. The molecule has 0 aliphatic heterocycles. The van der Waals surface area contributed by atoms with Gasteiger partial charge >= 0.3 is 0 Å². The van der Waals surface area contributed by atoms with Gasteiger partial charge in [0.15, 0.2) is 0 Å². The molecule has 4 nitrogen and oxygen atoms in total. The molecule has 1 unspecified atom stereocenters. The number of nitrogens with zero attached hydrogens (tertiary/aromatic N) is 2. The minimum Gasteiger partial charge on any atom is -0.372 e. The summed E-state index contributed by atoms with van der Waals surface area (Å²) >= 11 is 0. The van der Waals surface area contributed by atoms with Gasteiger partial charge in [-0.2, -0.15) is 5.26 Å². The standard InChI is InChI=1S/C23H33N3O/c1-6-21(19-13-12-17-10-8-9-11-18(17)14-19)25-22(27)20(15-24)16-26(7-2)23(3,4)5/h12-14,16,21H,6-11H2,1-5H3,(H,25,27)/b20-16-. The van der Waals surface area contributed by atoms with Crippen LogP contribution >= 0.6 is 0 Å². The van der Waals surface area contributed by atoms with Gasteiger partial charge in [0.2, 0.25) is 0 Å². The molecule has 0 heterocycles. The van der Waals surface area contributed by atoms with Crippen LogP contribution in [-0.4, -0.2) is 22.9 Å². The molecule has 1 N–H and O–H groups in total. The van der Waals surface area contributed by atoms with Crippen molar-refractivity contribution in [1.29, 1.82) is 5.26 Å². The predicted molar refractivity (Wildman–Crippen MR) is 110 cm³/mol. The van der Waals surface area contributed by atoms with E-state index in [0.717, 1.165) is 31.4 Å². The number of carbonyl (C=O) groups excluding carboxylic acids is 1. The van der Waals surface area contributed by atoms with E-state index in [1.807, 2.05) is 11.8 Å². The van der Waals surface area contributed by atoms with Gasteiger partial charge in [-0.3, -0.25) is 4.79 Å². The highest BCUT2D eigenvalue weighted by atomic mass is 16.1. The number of nitriles is 1. The van der Waals surface area contributed by atoms with Crippen LogP contribution in [0.25, 0.3) is 0 Å². The lowest BCUT2D eigenvalue weighted by Crippen LogP contribution is -2.38. The molecule has 1 aliphatic rings. The van der Waals surface area contributed by atoms with E-state index in [-0.39, 0.29) is 23.1 Å². The first-order valence-electron chi connectivity index (χ1n) is 10.1. The normalized spacial score (nSPS) is 15.5. The van der Waals surface area contributed by atoms with Gasteiger partial charge in [0.1, 0.15) is 11.6 Å². The van der Waals surface area contributed by atoms with Gasteiger partial charge in [0.05, 0.1) is 6.04 Å². The summed E-state index contributed by atoms with van der Waals surface area (Å²) < 4.78 is 0. The van der Waals surface area contributed by atoms with Crippen LogP contribution in [0, 0.1) is 11.3 Å². The fourth-order valence-electron chi connectivity index (χ4n) is 3.68. The Morgan fingerprint density at radius 3 is 2.48 bits per heavy atom. The molecule has 0 saturated carbocycles. The molecule has 146 valence electrons. The summed E-state index contributed by atoms with van der Waals surface area (Å²) in [6.45, 7) is 11.0. The summed E-state index contributed by atoms with van der Waals surface area (Å²) in [4.78, 5) is 14.8. The summed E-state index contributed by atoms with van der Waals surface area (Å²) in [5.74, 6) is -0.301. The molecule has 0 saturated heterocycles. The number of rotatable bonds is 6. The molecule has 4 heteroatoms. The Labute approximate surface area is 164 Å². The Morgan fingerprint density at radius 1 is 1.26 bits per heavy atom. The SMILES string of the molecule is CCC(NC(=O)/C(C#N)=C\N(CC)C(C)(C)C)c1ccc2c(c1)CCCC2. The molecule has 1 atom stereocenters. The average molecular weight is 368 g/mol. The molecule has 1 aliphatic carbocycles. The molecule has 1 amide bonds. The first kappa shape index (κ1) is 21.0. The van der Waals surface area contributed by atoms with Gasteiger partial charge < -0.3 is 10.2 Å². The van der Waals surface area contributed by atoms with E-state index < -0.39 is 0 Å². The number of fused-ring (bicyclic) bond motifs is 1. The summed E-state index contributed by atoms with van der Waals surface area (Å²) in [6.07, 6.45) is 7.25. The minimum absolute atomic E-state index is 0.0776. The van der Waals surface area contributed by atoms with Gasteiger partial charge in [0.25, 0.3) is 5.91 Å². The summed E-state index contributed by atoms with van der Waals surface area (Å²) in [5, 5.41) is 12.6. The van der Waals surface area contributed by atoms with Crippen LogP contribution in [0.4, 0.5) is 0 Å². The number of carbonyl (C=O) groups is 1. The van der Waals surface area contributed by atoms with E-state index in [2.05, 4.69) is 57.3 Å².